The largest absolute Gasteiger partial charge is 0.504 e. The number of hydrogen-bond acceptors (Lipinski definition) is 4. The van der Waals surface area contributed by atoms with Crippen molar-refractivity contribution in [3.63, 3.8) is 0 Å². The summed E-state index contributed by atoms with van der Waals surface area (Å²) in [6, 6.07) is 3.71. The van der Waals surface area contributed by atoms with Gasteiger partial charge in [0.2, 0.25) is 0 Å². The molecule has 0 unspecified atom stereocenters. The number of ether oxygens (including phenoxy) is 1. The lowest BCUT2D eigenvalue weighted by molar-refractivity contribution is 0.341. The van der Waals surface area contributed by atoms with Crippen LogP contribution < -0.4 is 5.73 Å². The summed E-state index contributed by atoms with van der Waals surface area (Å²) in [6.07, 6.45) is 7.29. The summed E-state index contributed by atoms with van der Waals surface area (Å²) in [5, 5.41) is 7.00. The molecule has 0 aliphatic carbocycles. The van der Waals surface area contributed by atoms with Crippen molar-refractivity contribution in [2.24, 2.45) is 0 Å². The van der Waals surface area contributed by atoms with Gasteiger partial charge in [-0.15, -0.1) is 0 Å². The fraction of sp³-hybridized carbons (Fsp3) is 0.250. The lowest BCUT2D eigenvalue weighted by atomic mass is 10.1. The molecule has 4 heteroatoms. The van der Waals surface area contributed by atoms with Crippen LogP contribution >= 0.6 is 0 Å². The van der Waals surface area contributed by atoms with E-state index in [2.05, 4.69) is 4.98 Å². The minimum Gasteiger partial charge on any atom is -0.504 e. The maximum atomic E-state index is 7.00. The predicted molar refractivity (Wildman–Crippen MR) is 67.5 cm³/mol. The molecule has 0 aromatic carbocycles. The zero-order chi connectivity index (χ0) is 12.4. The second-order valence-electron chi connectivity index (χ2n) is 2.75. The first-order valence-electron chi connectivity index (χ1n) is 4.81. The van der Waals surface area contributed by atoms with E-state index in [1.54, 1.807) is 25.5 Å². The molecule has 1 aromatic heterocycles. The average molecular weight is 222 g/mol. The number of aliphatic hydroxyl groups is 1. The standard InChI is InChI=1S/C11H14N2O.CH4O/c1-3-4-9-5-6-11(12)13-10(9)7-8-14-2;1-2/h3-8H,1-2H3,(H2,12,13);2H,1H3/b4-3-,8-7+;. The van der Waals surface area contributed by atoms with Crippen LogP contribution in [0.15, 0.2) is 24.5 Å². The molecule has 0 fully saturated rings. The molecule has 0 radical (unpaired) electrons. The third kappa shape index (κ3) is 4.61. The predicted octanol–water partition coefficient (Wildman–Crippen LogP) is 1.92. The molecule has 0 saturated carbocycles. The van der Waals surface area contributed by atoms with Crippen molar-refractivity contribution in [3.05, 3.63) is 35.7 Å². The van der Waals surface area contributed by atoms with Gasteiger partial charge in [0, 0.05) is 12.7 Å². The Morgan fingerprint density at radius 1 is 1.31 bits per heavy atom. The Bertz CT molecular complexity index is 360. The molecule has 1 heterocycles. The van der Waals surface area contributed by atoms with Gasteiger partial charge in [-0.25, -0.2) is 4.98 Å². The summed E-state index contributed by atoms with van der Waals surface area (Å²) in [6.45, 7) is 1.96. The number of nitrogens with zero attached hydrogens (tertiary/aromatic N) is 1. The molecule has 3 N–H and O–H groups in total. The van der Waals surface area contributed by atoms with Crippen molar-refractivity contribution in [1.29, 1.82) is 0 Å². The van der Waals surface area contributed by atoms with Crippen LogP contribution in [-0.2, 0) is 4.74 Å². The highest BCUT2D eigenvalue weighted by Gasteiger charge is 1.97. The van der Waals surface area contributed by atoms with Gasteiger partial charge in [0.15, 0.2) is 0 Å². The number of allylic oxidation sites excluding steroid dienone is 1. The summed E-state index contributed by atoms with van der Waals surface area (Å²) < 4.78 is 4.83. The Morgan fingerprint density at radius 3 is 2.56 bits per heavy atom. The number of hydrogen-bond donors (Lipinski definition) is 2. The summed E-state index contributed by atoms with van der Waals surface area (Å²) in [5.74, 6) is 0.508. The van der Waals surface area contributed by atoms with Gasteiger partial charge in [0.25, 0.3) is 0 Å². The van der Waals surface area contributed by atoms with Gasteiger partial charge in [-0.1, -0.05) is 12.2 Å². The van der Waals surface area contributed by atoms with E-state index >= 15 is 0 Å². The molecule has 0 saturated heterocycles. The number of nitrogen functional groups attached to an aromatic ring is 1. The Hall–Kier alpha value is -1.81. The number of anilines is 1. The van der Waals surface area contributed by atoms with Gasteiger partial charge in [-0.3, -0.25) is 0 Å². The van der Waals surface area contributed by atoms with Crippen LogP contribution in [0.25, 0.3) is 12.2 Å². The zero-order valence-electron chi connectivity index (χ0n) is 9.84. The van der Waals surface area contributed by atoms with Gasteiger partial charge in [0.05, 0.1) is 19.1 Å². The molecule has 16 heavy (non-hydrogen) atoms. The lowest BCUT2D eigenvalue weighted by Gasteiger charge is -2.01. The highest BCUT2D eigenvalue weighted by molar-refractivity contribution is 5.63. The van der Waals surface area contributed by atoms with E-state index in [-0.39, 0.29) is 0 Å². The maximum Gasteiger partial charge on any atom is 0.124 e. The molecule has 0 bridgehead atoms. The molecule has 0 spiro atoms. The minimum atomic E-state index is 0.508. The first kappa shape index (κ1) is 14.2. The van der Waals surface area contributed by atoms with E-state index in [1.807, 2.05) is 25.1 Å². The first-order valence-corrected chi connectivity index (χ1v) is 4.81. The van der Waals surface area contributed by atoms with Crippen molar-refractivity contribution in [3.8, 4) is 0 Å². The molecule has 0 atom stereocenters. The topological polar surface area (TPSA) is 68.4 Å². The van der Waals surface area contributed by atoms with E-state index in [0.29, 0.717) is 5.82 Å². The molecule has 1 aromatic rings. The Kier molecular flexibility index (Phi) is 7.53. The molecule has 4 nitrogen and oxygen atoms in total. The van der Waals surface area contributed by atoms with Crippen LogP contribution in [0.5, 0.6) is 0 Å². The Morgan fingerprint density at radius 2 is 2.00 bits per heavy atom. The van der Waals surface area contributed by atoms with E-state index in [1.165, 1.54) is 0 Å². The SMILES string of the molecule is C/C=C\c1ccc(N)nc1/C=C/OC.CO. The van der Waals surface area contributed by atoms with E-state index in [4.69, 9.17) is 15.6 Å². The zero-order valence-corrected chi connectivity index (χ0v) is 9.84. The number of methoxy groups -OCH3 is 1. The molecule has 0 aliphatic rings. The summed E-state index contributed by atoms with van der Waals surface area (Å²) in [5.41, 5.74) is 7.42. The monoisotopic (exact) mass is 222 g/mol. The third-order valence-corrected chi connectivity index (χ3v) is 1.69. The molecule has 0 aliphatic heterocycles. The Labute approximate surface area is 96.1 Å². The number of rotatable bonds is 3. The fourth-order valence-electron chi connectivity index (χ4n) is 1.09. The second kappa shape index (κ2) is 8.49. The van der Waals surface area contributed by atoms with Crippen molar-refractivity contribution in [2.45, 2.75) is 6.92 Å². The van der Waals surface area contributed by atoms with Gasteiger partial charge >= 0.3 is 0 Å². The van der Waals surface area contributed by atoms with Gasteiger partial charge in [-0.2, -0.15) is 0 Å². The highest BCUT2D eigenvalue weighted by atomic mass is 16.5. The average Bonchev–Trinajstić information content (AvgIpc) is 2.32. The van der Waals surface area contributed by atoms with Crippen molar-refractivity contribution in [1.82, 2.24) is 4.98 Å². The quantitative estimate of drug-likeness (QED) is 0.767. The number of nitrogens with two attached hydrogens (primary N) is 1. The van der Waals surface area contributed by atoms with Crippen LogP contribution in [0, 0.1) is 0 Å². The molecule has 0 amide bonds. The van der Waals surface area contributed by atoms with Crippen molar-refractivity contribution >= 4 is 18.0 Å². The van der Waals surface area contributed by atoms with Crippen LogP contribution in [0.3, 0.4) is 0 Å². The molecular formula is C12H18N2O2. The van der Waals surface area contributed by atoms with Crippen LogP contribution in [0.2, 0.25) is 0 Å². The van der Waals surface area contributed by atoms with E-state index in [0.717, 1.165) is 18.4 Å². The summed E-state index contributed by atoms with van der Waals surface area (Å²) >= 11 is 0. The highest BCUT2D eigenvalue weighted by Crippen LogP contribution is 2.12. The van der Waals surface area contributed by atoms with E-state index in [9.17, 15) is 0 Å². The number of aromatic nitrogens is 1. The normalized spacial score (nSPS) is 10.2. The molecule has 88 valence electrons. The number of pyridine rings is 1. The van der Waals surface area contributed by atoms with E-state index < -0.39 is 0 Å². The second-order valence-corrected chi connectivity index (χ2v) is 2.75. The van der Waals surface area contributed by atoms with Crippen molar-refractivity contribution in [2.75, 3.05) is 20.0 Å². The van der Waals surface area contributed by atoms with Crippen LogP contribution in [0.4, 0.5) is 5.82 Å². The lowest BCUT2D eigenvalue weighted by Crippen LogP contribution is -1.94. The van der Waals surface area contributed by atoms with Crippen LogP contribution in [-0.4, -0.2) is 24.3 Å². The van der Waals surface area contributed by atoms with Gasteiger partial charge < -0.3 is 15.6 Å². The van der Waals surface area contributed by atoms with Gasteiger partial charge in [-0.05, 0) is 25.1 Å². The first-order chi connectivity index (χ1) is 7.77. The third-order valence-electron chi connectivity index (χ3n) is 1.69. The molecule has 1 rings (SSSR count). The summed E-state index contributed by atoms with van der Waals surface area (Å²) in [7, 11) is 2.60. The van der Waals surface area contributed by atoms with Crippen molar-refractivity contribution < 1.29 is 9.84 Å². The van der Waals surface area contributed by atoms with Crippen LogP contribution in [0.1, 0.15) is 18.2 Å². The summed E-state index contributed by atoms with van der Waals surface area (Å²) in [4.78, 5) is 4.19. The Balaban J connectivity index is 0.00000106. The maximum absolute atomic E-state index is 7.00. The smallest absolute Gasteiger partial charge is 0.124 e. The number of aliphatic hydroxyl groups excluding tert-OH is 1. The minimum absolute atomic E-state index is 0.508. The van der Waals surface area contributed by atoms with Gasteiger partial charge in [0.1, 0.15) is 5.82 Å². The molecular weight excluding hydrogens is 204 g/mol. The fourth-order valence-corrected chi connectivity index (χ4v) is 1.09.